The summed E-state index contributed by atoms with van der Waals surface area (Å²) < 4.78 is 0. The van der Waals surface area contributed by atoms with Gasteiger partial charge in [-0.05, 0) is 57.8 Å². The van der Waals surface area contributed by atoms with Crippen molar-refractivity contribution < 1.29 is 19.2 Å². The van der Waals surface area contributed by atoms with Crippen LogP contribution in [0.5, 0.6) is 0 Å². The van der Waals surface area contributed by atoms with Gasteiger partial charge in [-0.2, -0.15) is 10.5 Å². The van der Waals surface area contributed by atoms with Gasteiger partial charge in [0.15, 0.2) is 0 Å². The Balaban J connectivity index is 1.60. The molecule has 2 atom stereocenters. The molecule has 1 N–H and O–H groups in total. The van der Waals surface area contributed by atoms with Crippen LogP contribution >= 0.6 is 0 Å². The predicted octanol–water partition coefficient (Wildman–Crippen LogP) is 4.85. The summed E-state index contributed by atoms with van der Waals surface area (Å²) in [6, 6.07) is 9.49. The van der Waals surface area contributed by atoms with Crippen molar-refractivity contribution in [2.75, 3.05) is 7.05 Å². The zero-order valence-electron chi connectivity index (χ0n) is 22.3. The van der Waals surface area contributed by atoms with Crippen molar-refractivity contribution in [3.63, 3.8) is 0 Å². The number of hydrogen-bond acceptors (Lipinski definition) is 6. The first kappa shape index (κ1) is 24.9. The Morgan fingerprint density at radius 1 is 1.05 bits per heavy atom. The van der Waals surface area contributed by atoms with Crippen molar-refractivity contribution in [1.82, 2.24) is 10.2 Å². The zero-order chi connectivity index (χ0) is 28.6. The minimum absolute atomic E-state index is 0.0912. The highest BCUT2D eigenvalue weighted by atomic mass is 16.2. The van der Waals surface area contributed by atoms with Crippen LogP contribution in [0.25, 0.3) is 33.2 Å². The molecule has 0 aromatic heterocycles. The van der Waals surface area contributed by atoms with Gasteiger partial charge in [-0.1, -0.05) is 43.5 Å². The van der Waals surface area contributed by atoms with Crippen LogP contribution in [0.4, 0.5) is 0 Å². The number of benzene rings is 3. The Bertz CT molecular complexity index is 1930. The summed E-state index contributed by atoms with van der Waals surface area (Å²) >= 11 is 0. The maximum absolute atomic E-state index is 14.1. The molecule has 0 spiro atoms. The van der Waals surface area contributed by atoms with Crippen LogP contribution in [0.2, 0.25) is 0 Å². The lowest BCUT2D eigenvalue weighted by Crippen LogP contribution is -2.41. The van der Waals surface area contributed by atoms with Crippen LogP contribution in [0.3, 0.4) is 0 Å². The standard InChI is InChI=1S/C33H24N4O4/c1-37(19-5-3-2-4-6-19)33(41)24-12-18(14-35)26-21-9-10-22-28-23(32(40)36-31(22)39)11-17(13-34)27(30(21)28)20-8-7-16(15-38)25(24)29(20)26/h7-12,15,19,22,24H,2-6H2,1H3,(H,36,39,40). The molecule has 3 aliphatic carbocycles. The molecule has 1 heterocycles. The van der Waals surface area contributed by atoms with E-state index in [1.165, 1.54) is 6.07 Å². The normalized spacial score (nSPS) is 20.7. The number of hydrogen-bond donors (Lipinski definition) is 1. The quantitative estimate of drug-likeness (QED) is 0.287. The number of imide groups is 1. The van der Waals surface area contributed by atoms with Crippen molar-refractivity contribution in [3.8, 4) is 12.1 Å². The number of aldehydes is 1. The first-order chi connectivity index (χ1) is 19.9. The topological polar surface area (TPSA) is 131 Å². The van der Waals surface area contributed by atoms with Crippen LogP contribution in [0.1, 0.15) is 92.5 Å². The molecule has 8 nitrogen and oxygen atoms in total. The van der Waals surface area contributed by atoms with Crippen molar-refractivity contribution in [3.05, 3.63) is 69.3 Å². The van der Waals surface area contributed by atoms with Gasteiger partial charge in [0.1, 0.15) is 6.29 Å². The first-order valence-corrected chi connectivity index (χ1v) is 13.8. The second-order valence-electron chi connectivity index (χ2n) is 11.2. The molecule has 0 radical (unpaired) electrons. The number of carbonyl (C=O) groups is 4. The SMILES string of the molecule is CN(C(=O)C1C=C(C#N)c2c3c4c5c(cc(C#N)c4c4ccc(C=O)c1c24)C(=O)NC(=O)C5C=C3)C1CCCCC1. The van der Waals surface area contributed by atoms with Gasteiger partial charge < -0.3 is 4.90 Å². The molecule has 41 heavy (non-hydrogen) atoms. The summed E-state index contributed by atoms with van der Waals surface area (Å²) in [7, 11) is 1.80. The third-order valence-electron chi connectivity index (χ3n) is 9.25. The fourth-order valence-electron chi connectivity index (χ4n) is 7.37. The fraction of sp³-hybridized carbons (Fsp3) is 0.273. The number of amides is 3. The minimum Gasteiger partial charge on any atom is -0.342 e. The third-order valence-corrected chi connectivity index (χ3v) is 9.25. The Morgan fingerprint density at radius 3 is 2.54 bits per heavy atom. The summed E-state index contributed by atoms with van der Waals surface area (Å²) in [5, 5.41) is 25.3. The molecule has 3 amide bonds. The number of fused-ring (bicyclic) bond motifs is 2. The summed E-state index contributed by atoms with van der Waals surface area (Å²) in [5.74, 6) is -2.77. The van der Waals surface area contributed by atoms with Gasteiger partial charge in [-0.3, -0.25) is 24.5 Å². The second-order valence-corrected chi connectivity index (χ2v) is 11.2. The zero-order valence-corrected chi connectivity index (χ0v) is 22.3. The van der Waals surface area contributed by atoms with Gasteiger partial charge in [0.2, 0.25) is 11.8 Å². The van der Waals surface area contributed by atoms with Gasteiger partial charge in [0.05, 0.1) is 35.1 Å². The summed E-state index contributed by atoms with van der Waals surface area (Å²) in [6.45, 7) is 0. The van der Waals surface area contributed by atoms with Crippen molar-refractivity contribution >= 4 is 57.2 Å². The van der Waals surface area contributed by atoms with Crippen molar-refractivity contribution in [2.24, 2.45) is 0 Å². The van der Waals surface area contributed by atoms with E-state index in [0.717, 1.165) is 38.4 Å². The van der Waals surface area contributed by atoms with Crippen LogP contribution < -0.4 is 5.32 Å². The van der Waals surface area contributed by atoms with Gasteiger partial charge in [0.25, 0.3) is 5.91 Å². The van der Waals surface area contributed by atoms with Crippen molar-refractivity contribution in [2.45, 2.75) is 50.0 Å². The van der Waals surface area contributed by atoms with E-state index < -0.39 is 23.7 Å². The van der Waals surface area contributed by atoms with E-state index in [1.54, 1.807) is 42.3 Å². The highest BCUT2D eigenvalue weighted by Crippen LogP contribution is 2.51. The Hall–Kier alpha value is -5.08. The Morgan fingerprint density at radius 2 is 1.83 bits per heavy atom. The Kier molecular flexibility index (Phi) is 5.45. The molecule has 1 saturated carbocycles. The smallest absolute Gasteiger partial charge is 0.258 e. The molecule has 4 aliphatic rings. The average Bonchev–Trinajstić information content (AvgIpc) is 3.01. The molecule has 0 saturated heterocycles. The largest absolute Gasteiger partial charge is 0.342 e. The number of nitrogens with one attached hydrogen (secondary N) is 1. The van der Waals surface area contributed by atoms with Gasteiger partial charge in [-0.15, -0.1) is 0 Å². The summed E-state index contributed by atoms with van der Waals surface area (Å²) in [6.07, 6.45) is 10.9. The van der Waals surface area contributed by atoms with Gasteiger partial charge in [-0.25, -0.2) is 0 Å². The molecule has 0 bridgehead atoms. The number of allylic oxidation sites excluding steroid dienone is 1. The number of carbonyl (C=O) groups excluding carboxylic acids is 4. The third kappa shape index (κ3) is 3.31. The van der Waals surface area contributed by atoms with E-state index in [9.17, 15) is 29.7 Å². The van der Waals surface area contributed by atoms with E-state index in [-0.39, 0.29) is 28.6 Å². The maximum Gasteiger partial charge on any atom is 0.258 e. The van der Waals surface area contributed by atoms with Gasteiger partial charge in [0, 0.05) is 35.2 Å². The van der Waals surface area contributed by atoms with Gasteiger partial charge >= 0.3 is 0 Å². The molecule has 3 aromatic rings. The van der Waals surface area contributed by atoms with E-state index in [1.807, 2.05) is 0 Å². The molecule has 3 aromatic carbocycles. The minimum atomic E-state index is -0.853. The highest BCUT2D eigenvalue weighted by molar-refractivity contribution is 6.27. The van der Waals surface area contributed by atoms with Crippen LogP contribution in [0, 0.1) is 22.7 Å². The van der Waals surface area contributed by atoms with Crippen LogP contribution in [-0.2, 0) is 9.59 Å². The molecular weight excluding hydrogens is 516 g/mol. The van der Waals surface area contributed by atoms with E-state index in [2.05, 4.69) is 17.5 Å². The summed E-state index contributed by atoms with van der Waals surface area (Å²) in [4.78, 5) is 54.0. The monoisotopic (exact) mass is 540 g/mol. The average molecular weight is 541 g/mol. The van der Waals surface area contributed by atoms with E-state index in [0.29, 0.717) is 49.4 Å². The number of likely N-dealkylation sites (N-methyl/N-ethyl adjacent to an activating group) is 1. The molecular formula is C33H24N4O4. The molecule has 1 aliphatic heterocycles. The number of nitriles is 2. The van der Waals surface area contributed by atoms with E-state index in [4.69, 9.17) is 0 Å². The number of nitrogens with zero attached hydrogens (tertiary/aromatic N) is 3. The van der Waals surface area contributed by atoms with E-state index >= 15 is 0 Å². The Labute approximate surface area is 235 Å². The first-order valence-electron chi connectivity index (χ1n) is 13.8. The predicted molar refractivity (Wildman–Crippen MR) is 152 cm³/mol. The van der Waals surface area contributed by atoms with Crippen LogP contribution in [0.15, 0.2) is 30.4 Å². The lowest BCUT2D eigenvalue weighted by atomic mass is 9.71. The molecule has 8 heteroatoms. The second kappa shape index (κ2) is 8.97. The van der Waals surface area contributed by atoms with Crippen molar-refractivity contribution in [1.29, 1.82) is 10.5 Å². The lowest BCUT2D eigenvalue weighted by Gasteiger charge is -2.35. The molecule has 2 unspecified atom stereocenters. The molecule has 7 rings (SSSR count). The van der Waals surface area contributed by atoms with Crippen LogP contribution in [-0.4, -0.2) is 42.0 Å². The molecule has 1 fully saturated rings. The maximum atomic E-state index is 14.1. The fourth-order valence-corrected chi connectivity index (χ4v) is 7.37. The summed E-state index contributed by atoms with van der Waals surface area (Å²) in [5.41, 5.74) is 3.29. The molecule has 200 valence electrons. The lowest BCUT2D eigenvalue weighted by molar-refractivity contribution is -0.133. The number of rotatable bonds is 3. The highest BCUT2D eigenvalue weighted by Gasteiger charge is 2.40.